The molecule has 0 aromatic heterocycles. The van der Waals surface area contributed by atoms with Crippen LogP contribution in [0.1, 0.15) is 18.1 Å². The average molecular weight is 353 g/mol. The van der Waals surface area contributed by atoms with Gasteiger partial charge in [0.2, 0.25) is 11.8 Å². The summed E-state index contributed by atoms with van der Waals surface area (Å²) >= 11 is 0. The molecule has 0 radical (unpaired) electrons. The Kier molecular flexibility index (Phi) is 5.50. The van der Waals surface area contributed by atoms with E-state index < -0.39 is 6.29 Å². The maximum Gasteiger partial charge on any atom is 0.241 e. The van der Waals surface area contributed by atoms with E-state index in [2.05, 4.69) is 26.8 Å². The van der Waals surface area contributed by atoms with Crippen LogP contribution in [-0.4, -0.2) is 24.1 Å². The second kappa shape index (κ2) is 7.99. The van der Waals surface area contributed by atoms with Gasteiger partial charge >= 0.3 is 0 Å². The fraction of sp³-hybridized carbons (Fsp3) is 0.263. The zero-order valence-corrected chi connectivity index (χ0v) is 14.8. The molecule has 1 aliphatic heterocycles. The minimum atomic E-state index is -0.427. The third-order valence-corrected chi connectivity index (χ3v) is 4.08. The van der Waals surface area contributed by atoms with E-state index in [-0.39, 0.29) is 17.9 Å². The van der Waals surface area contributed by atoms with Crippen LogP contribution in [-0.2, 0) is 16.0 Å². The van der Waals surface area contributed by atoms with E-state index in [1.165, 1.54) is 12.5 Å². The fourth-order valence-corrected chi connectivity index (χ4v) is 2.72. The molecule has 26 heavy (non-hydrogen) atoms. The number of aryl methyl sites for hydroxylation is 1. The van der Waals surface area contributed by atoms with Gasteiger partial charge in [-0.15, -0.1) is 0 Å². The van der Waals surface area contributed by atoms with E-state index in [1.54, 1.807) is 12.1 Å². The molecule has 2 atom stereocenters. The molecular formula is C19H23N5O2. The predicted molar refractivity (Wildman–Crippen MR) is 101 cm³/mol. The van der Waals surface area contributed by atoms with Crippen molar-refractivity contribution in [3.8, 4) is 0 Å². The van der Waals surface area contributed by atoms with E-state index >= 15 is 0 Å². The third kappa shape index (κ3) is 4.81. The molecule has 2 aromatic carbocycles. The van der Waals surface area contributed by atoms with Gasteiger partial charge < -0.3 is 16.0 Å². The van der Waals surface area contributed by atoms with Crippen molar-refractivity contribution in [2.45, 2.75) is 32.6 Å². The number of rotatable bonds is 5. The molecule has 1 aliphatic rings. The van der Waals surface area contributed by atoms with E-state index in [4.69, 9.17) is 0 Å². The van der Waals surface area contributed by atoms with Gasteiger partial charge in [0.15, 0.2) is 6.29 Å². The van der Waals surface area contributed by atoms with Crippen LogP contribution in [0.15, 0.2) is 48.5 Å². The lowest BCUT2D eigenvalue weighted by molar-refractivity contribution is -0.126. The Bertz CT molecular complexity index is 774. The van der Waals surface area contributed by atoms with Gasteiger partial charge in [0, 0.05) is 18.3 Å². The summed E-state index contributed by atoms with van der Waals surface area (Å²) in [5.74, 6) is -0.188. The van der Waals surface area contributed by atoms with Crippen LogP contribution in [0.25, 0.3) is 0 Å². The molecule has 7 heteroatoms. The maximum atomic E-state index is 12.3. The summed E-state index contributed by atoms with van der Waals surface area (Å²) < 4.78 is 0. The lowest BCUT2D eigenvalue weighted by Gasteiger charge is -2.32. The Morgan fingerprint density at radius 1 is 1.00 bits per heavy atom. The first-order valence-electron chi connectivity index (χ1n) is 8.51. The van der Waals surface area contributed by atoms with Crippen molar-refractivity contribution in [1.82, 2.24) is 16.2 Å². The number of amides is 2. The third-order valence-electron chi connectivity index (χ3n) is 4.08. The van der Waals surface area contributed by atoms with Crippen LogP contribution in [0, 0.1) is 6.92 Å². The number of carbonyl (C=O) groups is 2. The normalized spacial score (nSPS) is 19.5. The molecule has 136 valence electrons. The highest BCUT2D eigenvalue weighted by Crippen LogP contribution is 2.14. The molecule has 0 saturated carbocycles. The van der Waals surface area contributed by atoms with Crippen molar-refractivity contribution in [3.05, 3.63) is 59.7 Å². The van der Waals surface area contributed by atoms with Crippen LogP contribution < -0.4 is 26.8 Å². The summed E-state index contributed by atoms with van der Waals surface area (Å²) in [5.41, 5.74) is 9.96. The van der Waals surface area contributed by atoms with Crippen LogP contribution in [0.3, 0.4) is 0 Å². The number of carbonyl (C=O) groups excluding carboxylic acids is 2. The number of benzene rings is 2. The van der Waals surface area contributed by atoms with Crippen molar-refractivity contribution in [2.75, 3.05) is 10.6 Å². The number of anilines is 2. The molecule has 0 spiro atoms. The Morgan fingerprint density at radius 3 is 2.27 bits per heavy atom. The lowest BCUT2D eigenvalue weighted by Crippen LogP contribution is -2.68. The molecule has 7 nitrogen and oxygen atoms in total. The molecule has 1 fully saturated rings. The van der Waals surface area contributed by atoms with Crippen molar-refractivity contribution < 1.29 is 9.59 Å². The molecule has 5 N–H and O–H groups in total. The monoisotopic (exact) mass is 353 g/mol. The number of hydrogen-bond donors (Lipinski definition) is 5. The summed E-state index contributed by atoms with van der Waals surface area (Å²) in [5, 5.41) is 8.78. The van der Waals surface area contributed by atoms with Gasteiger partial charge in [-0.1, -0.05) is 29.8 Å². The zero-order valence-electron chi connectivity index (χ0n) is 14.8. The number of nitrogens with one attached hydrogen (secondary N) is 5. The minimum absolute atomic E-state index is 0.0725. The molecule has 0 aliphatic carbocycles. The fourth-order valence-electron chi connectivity index (χ4n) is 2.72. The average Bonchev–Trinajstić information content (AvgIpc) is 2.60. The molecule has 0 bridgehead atoms. The smallest absolute Gasteiger partial charge is 0.241 e. The standard InChI is InChI=1S/C19H23N5O2/c1-12-3-5-14(6-4-12)11-17-18(26)22-19(24-23-17)21-16-9-7-15(8-10-16)20-13(2)25/h3-10,17,19,21,23-24H,11H2,1-2H3,(H,20,25)(H,22,26). The predicted octanol–water partition coefficient (Wildman–Crippen LogP) is 1.48. The second-order valence-electron chi connectivity index (χ2n) is 6.38. The van der Waals surface area contributed by atoms with Gasteiger partial charge in [0.1, 0.15) is 6.04 Å². The number of hydrazine groups is 1. The lowest BCUT2D eigenvalue weighted by atomic mass is 10.0. The van der Waals surface area contributed by atoms with Crippen LogP contribution >= 0.6 is 0 Å². The highest BCUT2D eigenvalue weighted by atomic mass is 16.2. The van der Waals surface area contributed by atoms with Crippen molar-refractivity contribution >= 4 is 23.2 Å². The molecular weight excluding hydrogens is 330 g/mol. The molecule has 2 aromatic rings. The van der Waals surface area contributed by atoms with Crippen LogP contribution in [0.5, 0.6) is 0 Å². The van der Waals surface area contributed by atoms with E-state index in [1.807, 2.05) is 43.3 Å². The zero-order chi connectivity index (χ0) is 18.5. The minimum Gasteiger partial charge on any atom is -0.352 e. The van der Waals surface area contributed by atoms with E-state index in [0.717, 1.165) is 16.9 Å². The van der Waals surface area contributed by atoms with Gasteiger partial charge in [-0.3, -0.25) is 9.59 Å². The number of hydrogen-bond acceptors (Lipinski definition) is 5. The first-order valence-corrected chi connectivity index (χ1v) is 8.51. The van der Waals surface area contributed by atoms with E-state index in [9.17, 15) is 9.59 Å². The Morgan fingerprint density at radius 2 is 1.65 bits per heavy atom. The molecule has 1 saturated heterocycles. The summed E-state index contributed by atoms with van der Waals surface area (Å²) in [4.78, 5) is 23.4. The van der Waals surface area contributed by atoms with Gasteiger partial charge in [0.25, 0.3) is 0 Å². The Balaban J connectivity index is 1.52. The van der Waals surface area contributed by atoms with Crippen molar-refractivity contribution in [3.63, 3.8) is 0 Å². The Labute approximate surface area is 152 Å². The van der Waals surface area contributed by atoms with Crippen LogP contribution in [0.4, 0.5) is 11.4 Å². The van der Waals surface area contributed by atoms with Gasteiger partial charge in [-0.05, 0) is 43.2 Å². The summed E-state index contributed by atoms with van der Waals surface area (Å²) in [6.45, 7) is 3.50. The highest BCUT2D eigenvalue weighted by Gasteiger charge is 2.27. The highest BCUT2D eigenvalue weighted by molar-refractivity contribution is 5.88. The first-order chi connectivity index (χ1) is 12.5. The van der Waals surface area contributed by atoms with Crippen molar-refractivity contribution in [1.29, 1.82) is 0 Å². The van der Waals surface area contributed by atoms with E-state index in [0.29, 0.717) is 6.42 Å². The summed E-state index contributed by atoms with van der Waals surface area (Å²) in [6, 6.07) is 15.1. The van der Waals surface area contributed by atoms with Crippen LogP contribution in [0.2, 0.25) is 0 Å². The maximum absolute atomic E-state index is 12.3. The Hall–Kier alpha value is -2.90. The largest absolute Gasteiger partial charge is 0.352 e. The van der Waals surface area contributed by atoms with Gasteiger partial charge in [-0.25, -0.2) is 10.9 Å². The van der Waals surface area contributed by atoms with Crippen molar-refractivity contribution in [2.24, 2.45) is 0 Å². The second-order valence-corrected chi connectivity index (χ2v) is 6.38. The molecule has 1 heterocycles. The van der Waals surface area contributed by atoms with Gasteiger partial charge in [0.05, 0.1) is 0 Å². The summed E-state index contributed by atoms with van der Waals surface area (Å²) in [6.07, 6.45) is 0.181. The molecule has 3 rings (SSSR count). The topological polar surface area (TPSA) is 94.3 Å². The molecule has 2 unspecified atom stereocenters. The van der Waals surface area contributed by atoms with Gasteiger partial charge in [-0.2, -0.15) is 0 Å². The summed E-state index contributed by atoms with van der Waals surface area (Å²) in [7, 11) is 0. The molecule has 2 amide bonds. The SMILES string of the molecule is CC(=O)Nc1ccc(NC2NNC(Cc3ccc(C)cc3)C(=O)N2)cc1. The quantitative estimate of drug-likeness (QED) is 0.561. The first kappa shape index (κ1) is 17.9.